The number of hydrogen-bond acceptors (Lipinski definition) is 4. The van der Waals surface area contributed by atoms with Crippen molar-refractivity contribution in [1.82, 2.24) is 5.32 Å². The number of benzene rings is 2. The number of carbonyl (C=O) groups is 1. The van der Waals surface area contributed by atoms with Gasteiger partial charge in [-0.25, -0.2) is 0 Å². The minimum atomic E-state index is -0.470. The standard InChI is InChI=1S/C20H22N2O4/c1-12-5-8-18-15(9-12)16(11-20(3,4)26-18)21-19(23)14-7-6-13(2)17(10-14)22(24)25/h5-10,16H,11H2,1-4H3,(H,21,23)/t16-/m0/s1. The Hall–Kier alpha value is -2.89. The van der Waals surface area contributed by atoms with Crippen molar-refractivity contribution in [2.75, 3.05) is 0 Å². The van der Waals surface area contributed by atoms with Crippen molar-refractivity contribution in [2.45, 2.75) is 45.8 Å². The fourth-order valence-corrected chi connectivity index (χ4v) is 3.29. The van der Waals surface area contributed by atoms with E-state index in [1.165, 1.54) is 6.07 Å². The molecule has 0 saturated heterocycles. The SMILES string of the molecule is Cc1ccc2c(c1)[C@@H](NC(=O)c1ccc(C)c([N+](=O)[O-])c1)CC(C)(C)O2. The Morgan fingerprint density at radius 2 is 1.96 bits per heavy atom. The van der Waals surface area contributed by atoms with Gasteiger partial charge in [0.05, 0.1) is 11.0 Å². The minimum Gasteiger partial charge on any atom is -0.487 e. The number of hydrogen-bond donors (Lipinski definition) is 1. The molecule has 1 N–H and O–H groups in total. The fourth-order valence-electron chi connectivity index (χ4n) is 3.29. The number of nitrogens with zero attached hydrogens (tertiary/aromatic N) is 1. The van der Waals surface area contributed by atoms with Gasteiger partial charge in [-0.05, 0) is 39.8 Å². The lowest BCUT2D eigenvalue weighted by molar-refractivity contribution is -0.385. The maximum absolute atomic E-state index is 12.7. The van der Waals surface area contributed by atoms with Crippen LogP contribution in [0.3, 0.4) is 0 Å². The van der Waals surface area contributed by atoms with Crippen LogP contribution >= 0.6 is 0 Å². The number of rotatable bonds is 3. The summed E-state index contributed by atoms with van der Waals surface area (Å²) in [7, 11) is 0. The average molecular weight is 354 g/mol. The average Bonchev–Trinajstić information content (AvgIpc) is 2.55. The van der Waals surface area contributed by atoms with Crippen molar-refractivity contribution in [3.05, 3.63) is 68.8 Å². The summed E-state index contributed by atoms with van der Waals surface area (Å²) in [5.74, 6) is 0.426. The van der Waals surface area contributed by atoms with Gasteiger partial charge in [0.25, 0.3) is 11.6 Å². The Morgan fingerprint density at radius 1 is 1.23 bits per heavy atom. The molecule has 1 aliphatic heterocycles. The third-order valence-corrected chi connectivity index (χ3v) is 4.60. The molecule has 6 heteroatoms. The second kappa shape index (κ2) is 6.44. The maximum Gasteiger partial charge on any atom is 0.273 e. The molecular weight excluding hydrogens is 332 g/mol. The highest BCUT2D eigenvalue weighted by molar-refractivity contribution is 5.95. The third-order valence-electron chi connectivity index (χ3n) is 4.60. The van der Waals surface area contributed by atoms with Crippen molar-refractivity contribution in [3.8, 4) is 5.75 Å². The smallest absolute Gasteiger partial charge is 0.273 e. The van der Waals surface area contributed by atoms with Crippen molar-refractivity contribution < 1.29 is 14.5 Å². The summed E-state index contributed by atoms with van der Waals surface area (Å²) in [5, 5.41) is 14.1. The first-order valence-electron chi connectivity index (χ1n) is 8.52. The molecule has 0 saturated carbocycles. The van der Waals surface area contributed by atoms with Gasteiger partial charge in [-0.15, -0.1) is 0 Å². The van der Waals surface area contributed by atoms with E-state index in [4.69, 9.17) is 4.74 Å². The van der Waals surface area contributed by atoms with E-state index >= 15 is 0 Å². The lowest BCUT2D eigenvalue weighted by atomic mass is 9.88. The number of aryl methyl sites for hydroxylation is 2. The lowest BCUT2D eigenvalue weighted by Crippen LogP contribution is -2.41. The maximum atomic E-state index is 12.7. The van der Waals surface area contributed by atoms with E-state index in [0.29, 0.717) is 12.0 Å². The summed E-state index contributed by atoms with van der Waals surface area (Å²) in [6.07, 6.45) is 0.614. The molecule has 0 spiro atoms. The van der Waals surface area contributed by atoms with E-state index < -0.39 is 10.5 Å². The second-order valence-electron chi connectivity index (χ2n) is 7.39. The van der Waals surface area contributed by atoms with E-state index in [2.05, 4.69) is 5.32 Å². The molecule has 26 heavy (non-hydrogen) atoms. The highest BCUT2D eigenvalue weighted by Crippen LogP contribution is 2.40. The van der Waals surface area contributed by atoms with Gasteiger partial charge >= 0.3 is 0 Å². The number of nitrogens with one attached hydrogen (secondary N) is 1. The van der Waals surface area contributed by atoms with Gasteiger partial charge in [0.1, 0.15) is 11.4 Å². The minimum absolute atomic E-state index is 0.0544. The topological polar surface area (TPSA) is 81.5 Å². The van der Waals surface area contributed by atoms with Gasteiger partial charge in [-0.2, -0.15) is 0 Å². The molecule has 1 heterocycles. The van der Waals surface area contributed by atoms with Crippen LogP contribution in [0.25, 0.3) is 0 Å². The molecule has 1 amide bonds. The normalized spacial score (nSPS) is 17.8. The van der Waals surface area contributed by atoms with Gasteiger partial charge in [0.2, 0.25) is 0 Å². The molecule has 0 unspecified atom stereocenters. The molecule has 2 aromatic carbocycles. The number of ether oxygens (including phenoxy) is 1. The van der Waals surface area contributed by atoms with Gasteiger partial charge in [0.15, 0.2) is 0 Å². The van der Waals surface area contributed by atoms with Crippen molar-refractivity contribution in [3.63, 3.8) is 0 Å². The molecule has 136 valence electrons. The molecule has 0 bridgehead atoms. The van der Waals surface area contributed by atoms with Crippen LogP contribution in [0.1, 0.15) is 53.4 Å². The predicted octanol–water partition coefficient (Wildman–Crippen LogP) is 4.24. The Kier molecular flexibility index (Phi) is 4.44. The summed E-state index contributed by atoms with van der Waals surface area (Å²) in [4.78, 5) is 23.4. The van der Waals surface area contributed by atoms with Crippen LogP contribution < -0.4 is 10.1 Å². The first-order valence-corrected chi connectivity index (χ1v) is 8.52. The van der Waals surface area contributed by atoms with Gasteiger partial charge < -0.3 is 10.1 Å². The highest BCUT2D eigenvalue weighted by Gasteiger charge is 2.34. The van der Waals surface area contributed by atoms with Crippen LogP contribution in [0.2, 0.25) is 0 Å². The van der Waals surface area contributed by atoms with Crippen LogP contribution in [0.5, 0.6) is 5.75 Å². The Bertz CT molecular complexity index is 889. The lowest BCUT2D eigenvalue weighted by Gasteiger charge is -2.38. The van der Waals surface area contributed by atoms with E-state index in [1.807, 2.05) is 39.0 Å². The first kappa shape index (κ1) is 17.9. The molecule has 2 aromatic rings. The van der Waals surface area contributed by atoms with Crippen LogP contribution in [0, 0.1) is 24.0 Å². The monoisotopic (exact) mass is 354 g/mol. The Morgan fingerprint density at radius 3 is 2.65 bits per heavy atom. The van der Waals surface area contributed by atoms with Crippen molar-refractivity contribution >= 4 is 11.6 Å². The van der Waals surface area contributed by atoms with E-state index in [9.17, 15) is 14.9 Å². The number of nitro groups is 1. The van der Waals surface area contributed by atoms with E-state index in [1.54, 1.807) is 19.1 Å². The quantitative estimate of drug-likeness (QED) is 0.660. The van der Waals surface area contributed by atoms with Gasteiger partial charge in [0, 0.05) is 29.2 Å². The molecule has 0 radical (unpaired) electrons. The van der Waals surface area contributed by atoms with Crippen LogP contribution in [0.15, 0.2) is 36.4 Å². The van der Waals surface area contributed by atoms with Crippen molar-refractivity contribution in [2.24, 2.45) is 0 Å². The first-order chi connectivity index (χ1) is 12.2. The summed E-state index contributed by atoms with van der Waals surface area (Å²) < 4.78 is 6.02. The molecule has 1 atom stereocenters. The molecule has 1 aliphatic rings. The number of amides is 1. The van der Waals surface area contributed by atoms with E-state index in [0.717, 1.165) is 16.9 Å². The van der Waals surface area contributed by atoms with Crippen LogP contribution in [-0.4, -0.2) is 16.4 Å². The summed E-state index contributed by atoms with van der Waals surface area (Å²) >= 11 is 0. The number of carbonyl (C=O) groups excluding carboxylic acids is 1. The highest BCUT2D eigenvalue weighted by atomic mass is 16.6. The molecule has 6 nitrogen and oxygen atoms in total. The molecular formula is C20H22N2O4. The zero-order valence-corrected chi connectivity index (χ0v) is 15.3. The third kappa shape index (κ3) is 3.54. The van der Waals surface area contributed by atoms with Gasteiger partial charge in [-0.1, -0.05) is 23.8 Å². The predicted molar refractivity (Wildman–Crippen MR) is 98.5 cm³/mol. The number of nitro benzene ring substituents is 1. The summed E-state index contributed by atoms with van der Waals surface area (Å²) in [6.45, 7) is 7.60. The molecule has 0 fully saturated rings. The summed E-state index contributed by atoms with van der Waals surface area (Å²) in [5.41, 5.74) is 2.35. The largest absolute Gasteiger partial charge is 0.487 e. The second-order valence-corrected chi connectivity index (χ2v) is 7.39. The molecule has 0 aromatic heterocycles. The Balaban J connectivity index is 1.91. The fraction of sp³-hybridized carbons (Fsp3) is 0.350. The zero-order chi connectivity index (χ0) is 19.1. The zero-order valence-electron chi connectivity index (χ0n) is 15.3. The number of fused-ring (bicyclic) bond motifs is 1. The van der Waals surface area contributed by atoms with Crippen LogP contribution in [0.4, 0.5) is 5.69 Å². The summed E-state index contributed by atoms with van der Waals surface area (Å²) in [6, 6.07) is 10.2. The molecule has 0 aliphatic carbocycles. The molecule has 3 rings (SSSR count). The van der Waals surface area contributed by atoms with Gasteiger partial charge in [-0.3, -0.25) is 14.9 Å². The van der Waals surface area contributed by atoms with E-state index in [-0.39, 0.29) is 23.2 Å². The van der Waals surface area contributed by atoms with Crippen LogP contribution in [-0.2, 0) is 0 Å². The Labute approximate surface area is 152 Å². The van der Waals surface area contributed by atoms with Crippen molar-refractivity contribution in [1.29, 1.82) is 0 Å².